The standard InChI is InChI=1S/C14H28N2O2S/c1-3-7-15-14-6-8-16(10-12(14)2)11-13-5-4-9-19(13,17)18/h12-15H,3-11H2,1-2H3. The number of hydrogen-bond donors (Lipinski definition) is 1. The number of nitrogens with one attached hydrogen (secondary N) is 1. The van der Waals surface area contributed by atoms with Gasteiger partial charge in [0.2, 0.25) is 0 Å². The molecule has 3 unspecified atom stereocenters. The van der Waals surface area contributed by atoms with Gasteiger partial charge in [-0.05, 0) is 44.7 Å². The molecule has 2 heterocycles. The Kier molecular flexibility index (Phi) is 5.26. The minimum Gasteiger partial charge on any atom is -0.314 e. The molecule has 2 rings (SSSR count). The van der Waals surface area contributed by atoms with Crippen LogP contribution in [-0.2, 0) is 9.84 Å². The second kappa shape index (κ2) is 6.55. The van der Waals surface area contributed by atoms with E-state index in [2.05, 4.69) is 24.1 Å². The second-order valence-corrected chi connectivity index (χ2v) is 8.62. The third kappa shape index (κ3) is 3.92. The van der Waals surface area contributed by atoms with Crippen molar-refractivity contribution in [1.29, 1.82) is 0 Å². The van der Waals surface area contributed by atoms with Gasteiger partial charge in [0.25, 0.3) is 0 Å². The maximum Gasteiger partial charge on any atom is 0.154 e. The molecule has 5 heteroatoms. The molecule has 0 saturated carbocycles. The lowest BCUT2D eigenvalue weighted by Crippen LogP contribution is -2.50. The Morgan fingerprint density at radius 3 is 2.68 bits per heavy atom. The molecule has 0 aromatic rings. The van der Waals surface area contributed by atoms with Crippen LogP contribution < -0.4 is 5.32 Å². The quantitative estimate of drug-likeness (QED) is 0.828. The van der Waals surface area contributed by atoms with Crippen molar-refractivity contribution in [2.45, 2.75) is 50.8 Å². The first-order chi connectivity index (χ1) is 9.03. The number of rotatable bonds is 5. The molecule has 2 saturated heterocycles. The lowest BCUT2D eigenvalue weighted by atomic mass is 9.93. The minimum absolute atomic E-state index is 0.0974. The van der Waals surface area contributed by atoms with Crippen molar-refractivity contribution in [3.63, 3.8) is 0 Å². The van der Waals surface area contributed by atoms with Crippen molar-refractivity contribution in [3.05, 3.63) is 0 Å². The van der Waals surface area contributed by atoms with Crippen molar-refractivity contribution < 1.29 is 8.42 Å². The average molecular weight is 288 g/mol. The van der Waals surface area contributed by atoms with Crippen LogP contribution in [0.3, 0.4) is 0 Å². The Morgan fingerprint density at radius 1 is 1.32 bits per heavy atom. The van der Waals surface area contributed by atoms with Gasteiger partial charge in [-0.3, -0.25) is 0 Å². The van der Waals surface area contributed by atoms with E-state index in [0.29, 0.717) is 17.7 Å². The Morgan fingerprint density at radius 2 is 2.11 bits per heavy atom. The predicted molar refractivity (Wildman–Crippen MR) is 79.1 cm³/mol. The fourth-order valence-corrected chi connectivity index (χ4v) is 5.25. The third-order valence-electron chi connectivity index (χ3n) is 4.57. The molecule has 19 heavy (non-hydrogen) atoms. The van der Waals surface area contributed by atoms with E-state index in [-0.39, 0.29) is 5.25 Å². The van der Waals surface area contributed by atoms with Gasteiger partial charge >= 0.3 is 0 Å². The molecule has 4 nitrogen and oxygen atoms in total. The highest BCUT2D eigenvalue weighted by atomic mass is 32.2. The highest BCUT2D eigenvalue weighted by molar-refractivity contribution is 7.92. The summed E-state index contributed by atoms with van der Waals surface area (Å²) in [4.78, 5) is 2.36. The molecule has 0 aromatic heterocycles. The summed E-state index contributed by atoms with van der Waals surface area (Å²) in [6.45, 7) is 8.39. The van der Waals surface area contributed by atoms with Crippen molar-refractivity contribution in [2.24, 2.45) is 5.92 Å². The van der Waals surface area contributed by atoms with Gasteiger partial charge in [0, 0.05) is 19.1 Å². The molecule has 0 bridgehead atoms. The summed E-state index contributed by atoms with van der Waals surface area (Å²) in [6.07, 6.45) is 4.04. The summed E-state index contributed by atoms with van der Waals surface area (Å²) in [6, 6.07) is 0.608. The predicted octanol–water partition coefficient (Wildman–Crippen LogP) is 1.27. The Balaban J connectivity index is 1.82. The van der Waals surface area contributed by atoms with Crippen molar-refractivity contribution >= 4 is 9.84 Å². The zero-order valence-electron chi connectivity index (χ0n) is 12.3. The smallest absolute Gasteiger partial charge is 0.154 e. The number of piperidine rings is 1. The van der Waals surface area contributed by atoms with E-state index in [1.54, 1.807) is 0 Å². The summed E-state index contributed by atoms with van der Waals surface area (Å²) in [5.74, 6) is 1.02. The largest absolute Gasteiger partial charge is 0.314 e. The highest BCUT2D eigenvalue weighted by Gasteiger charge is 2.34. The molecule has 0 amide bonds. The van der Waals surface area contributed by atoms with Crippen LogP contribution in [0.5, 0.6) is 0 Å². The normalized spacial score (nSPS) is 35.6. The summed E-state index contributed by atoms with van der Waals surface area (Å²) < 4.78 is 23.8. The number of hydrogen-bond acceptors (Lipinski definition) is 4. The van der Waals surface area contributed by atoms with Crippen LogP contribution in [0, 0.1) is 5.92 Å². The van der Waals surface area contributed by atoms with Gasteiger partial charge in [0.1, 0.15) is 0 Å². The summed E-state index contributed by atoms with van der Waals surface area (Å²) >= 11 is 0. The van der Waals surface area contributed by atoms with Gasteiger partial charge in [0.05, 0.1) is 11.0 Å². The van der Waals surface area contributed by atoms with Crippen LogP contribution in [0.4, 0.5) is 0 Å². The van der Waals surface area contributed by atoms with E-state index in [1.165, 1.54) is 6.42 Å². The molecule has 2 aliphatic heterocycles. The fraction of sp³-hybridized carbons (Fsp3) is 1.00. The first kappa shape index (κ1) is 15.3. The van der Waals surface area contributed by atoms with Crippen molar-refractivity contribution in [2.75, 3.05) is 31.9 Å². The van der Waals surface area contributed by atoms with E-state index >= 15 is 0 Å². The molecule has 0 aliphatic carbocycles. The van der Waals surface area contributed by atoms with E-state index in [4.69, 9.17) is 0 Å². The number of sulfone groups is 1. The van der Waals surface area contributed by atoms with Crippen LogP contribution >= 0.6 is 0 Å². The van der Waals surface area contributed by atoms with E-state index in [1.807, 2.05) is 0 Å². The molecule has 1 N–H and O–H groups in total. The monoisotopic (exact) mass is 288 g/mol. The average Bonchev–Trinajstić information content (AvgIpc) is 2.68. The molecule has 2 fully saturated rings. The van der Waals surface area contributed by atoms with Crippen LogP contribution in [0.15, 0.2) is 0 Å². The van der Waals surface area contributed by atoms with Crippen LogP contribution in [0.1, 0.15) is 39.5 Å². The maximum absolute atomic E-state index is 11.9. The van der Waals surface area contributed by atoms with Gasteiger partial charge < -0.3 is 10.2 Å². The SMILES string of the molecule is CCCNC1CCN(CC2CCCS2(=O)=O)CC1C. The van der Waals surface area contributed by atoms with Gasteiger partial charge in [-0.1, -0.05) is 13.8 Å². The summed E-state index contributed by atoms with van der Waals surface area (Å²) in [7, 11) is -2.79. The Labute approximate surface area is 117 Å². The Hall–Kier alpha value is -0.130. The molecule has 0 spiro atoms. The topological polar surface area (TPSA) is 49.4 Å². The number of likely N-dealkylation sites (tertiary alicyclic amines) is 1. The second-order valence-electron chi connectivity index (χ2n) is 6.22. The van der Waals surface area contributed by atoms with Gasteiger partial charge in [-0.15, -0.1) is 0 Å². The van der Waals surface area contributed by atoms with Gasteiger partial charge in [0.15, 0.2) is 9.84 Å². The van der Waals surface area contributed by atoms with E-state index in [9.17, 15) is 8.42 Å². The van der Waals surface area contributed by atoms with Crippen molar-refractivity contribution in [1.82, 2.24) is 10.2 Å². The van der Waals surface area contributed by atoms with Crippen LogP contribution in [-0.4, -0.2) is 56.5 Å². The molecule has 112 valence electrons. The number of nitrogens with zero attached hydrogens (tertiary/aromatic N) is 1. The molecular formula is C14H28N2O2S. The lowest BCUT2D eigenvalue weighted by molar-refractivity contribution is 0.147. The molecule has 3 atom stereocenters. The fourth-order valence-electron chi connectivity index (χ4n) is 3.38. The van der Waals surface area contributed by atoms with Gasteiger partial charge in [-0.25, -0.2) is 8.42 Å². The zero-order chi connectivity index (χ0) is 13.9. The Bertz CT molecular complexity index is 383. The first-order valence-electron chi connectivity index (χ1n) is 7.70. The molecule has 0 aromatic carbocycles. The van der Waals surface area contributed by atoms with E-state index in [0.717, 1.165) is 45.4 Å². The third-order valence-corrected chi connectivity index (χ3v) is 6.83. The molecule has 2 aliphatic rings. The first-order valence-corrected chi connectivity index (χ1v) is 9.41. The molecule has 0 radical (unpaired) electrons. The van der Waals surface area contributed by atoms with Crippen LogP contribution in [0.2, 0.25) is 0 Å². The highest BCUT2D eigenvalue weighted by Crippen LogP contribution is 2.24. The van der Waals surface area contributed by atoms with E-state index < -0.39 is 9.84 Å². The zero-order valence-corrected chi connectivity index (χ0v) is 13.1. The molecular weight excluding hydrogens is 260 g/mol. The minimum atomic E-state index is -2.79. The summed E-state index contributed by atoms with van der Waals surface area (Å²) in [5, 5.41) is 3.51. The summed E-state index contributed by atoms with van der Waals surface area (Å²) in [5.41, 5.74) is 0. The van der Waals surface area contributed by atoms with Crippen molar-refractivity contribution in [3.8, 4) is 0 Å². The maximum atomic E-state index is 11.9. The van der Waals surface area contributed by atoms with Crippen LogP contribution in [0.25, 0.3) is 0 Å². The lowest BCUT2D eigenvalue weighted by Gasteiger charge is -2.38. The van der Waals surface area contributed by atoms with Gasteiger partial charge in [-0.2, -0.15) is 0 Å².